The van der Waals surface area contributed by atoms with Crippen LogP contribution in [-0.4, -0.2) is 35.5 Å². The summed E-state index contributed by atoms with van der Waals surface area (Å²) >= 11 is 0. The van der Waals surface area contributed by atoms with Crippen molar-refractivity contribution in [1.29, 1.82) is 0 Å². The number of nitrogens with one attached hydrogen (secondary N) is 1. The second-order valence-corrected chi connectivity index (χ2v) is 11.2. The van der Waals surface area contributed by atoms with Crippen LogP contribution in [0.4, 0.5) is 4.79 Å². The summed E-state index contributed by atoms with van der Waals surface area (Å²) in [5.74, 6) is 1.09. The summed E-state index contributed by atoms with van der Waals surface area (Å²) in [6.45, 7) is 9.81. The molecule has 3 aromatic rings. The number of amides is 1. The second kappa shape index (κ2) is 11.0. The Morgan fingerprint density at radius 3 is 1.95 bits per heavy atom. The number of hydrogen-bond acceptors (Lipinski definition) is 7. The van der Waals surface area contributed by atoms with E-state index in [1.54, 1.807) is 18.2 Å². The molecule has 1 saturated carbocycles. The highest BCUT2D eigenvalue weighted by atomic mass is 16.6. The van der Waals surface area contributed by atoms with Gasteiger partial charge in [0.05, 0.1) is 7.11 Å². The van der Waals surface area contributed by atoms with Gasteiger partial charge in [-0.3, -0.25) is 5.32 Å². The lowest BCUT2D eigenvalue weighted by Crippen LogP contribution is -2.58. The summed E-state index contributed by atoms with van der Waals surface area (Å²) in [6.07, 6.45) is 1.97. The summed E-state index contributed by atoms with van der Waals surface area (Å²) < 4.78 is 22.2. The van der Waals surface area contributed by atoms with Crippen LogP contribution in [0.3, 0.4) is 0 Å². The van der Waals surface area contributed by atoms with Gasteiger partial charge >= 0.3 is 12.1 Å². The molecular formula is C31H36N2O6. The fourth-order valence-electron chi connectivity index (χ4n) is 4.32. The van der Waals surface area contributed by atoms with Crippen molar-refractivity contribution in [3.8, 4) is 17.4 Å². The first kappa shape index (κ1) is 28.0. The molecule has 0 aliphatic heterocycles. The minimum absolute atomic E-state index is 0.184. The van der Waals surface area contributed by atoms with Crippen LogP contribution < -0.4 is 14.8 Å². The number of aromatic nitrogens is 1. The van der Waals surface area contributed by atoms with Gasteiger partial charge in [0.25, 0.3) is 0 Å². The van der Waals surface area contributed by atoms with Gasteiger partial charge in [0, 0.05) is 24.3 Å². The Hall–Kier alpha value is -4.07. The number of methoxy groups -OCH3 is 1. The fourth-order valence-corrected chi connectivity index (χ4v) is 4.32. The number of rotatable bonds is 8. The molecule has 0 bridgehead atoms. The van der Waals surface area contributed by atoms with E-state index in [2.05, 4.69) is 24.1 Å². The van der Waals surface area contributed by atoms with Gasteiger partial charge < -0.3 is 18.9 Å². The maximum Gasteiger partial charge on any atom is 0.410 e. The van der Waals surface area contributed by atoms with Crippen molar-refractivity contribution in [3.63, 3.8) is 0 Å². The first-order valence-electron chi connectivity index (χ1n) is 13.0. The average molecular weight is 533 g/mol. The standard InChI is InChI=1S/C31H36N2O6/c1-29(2,3)39-28(35)33-31(19-8-20-31)38-24-17-13-22(14-18-24)30(4,5)21-11-15-23(16-12-21)37-26-10-7-9-25(32-26)27(34)36-6/h7,9-18H,8,19-20H2,1-6H3,(H,33,35). The molecule has 206 valence electrons. The summed E-state index contributed by atoms with van der Waals surface area (Å²) in [6, 6.07) is 20.7. The van der Waals surface area contributed by atoms with Crippen molar-refractivity contribution in [2.45, 2.75) is 70.6 Å². The van der Waals surface area contributed by atoms with E-state index in [0.29, 0.717) is 17.4 Å². The third-order valence-corrected chi connectivity index (χ3v) is 6.70. The van der Waals surface area contributed by atoms with Gasteiger partial charge in [-0.05, 0) is 68.7 Å². The monoisotopic (exact) mass is 532 g/mol. The zero-order valence-corrected chi connectivity index (χ0v) is 23.4. The van der Waals surface area contributed by atoms with E-state index < -0.39 is 23.4 Å². The van der Waals surface area contributed by atoms with Crippen molar-refractivity contribution in [2.24, 2.45) is 0 Å². The zero-order valence-electron chi connectivity index (χ0n) is 23.4. The SMILES string of the molecule is COC(=O)c1cccc(Oc2ccc(C(C)(C)c3ccc(OC4(NC(=O)OC(C)(C)C)CCC4)cc3)cc2)n1. The van der Waals surface area contributed by atoms with Gasteiger partial charge in [-0.15, -0.1) is 0 Å². The largest absolute Gasteiger partial charge is 0.468 e. The zero-order chi connectivity index (χ0) is 28.3. The Morgan fingerprint density at radius 2 is 1.44 bits per heavy atom. The maximum atomic E-state index is 12.3. The molecule has 1 heterocycles. The van der Waals surface area contributed by atoms with Gasteiger partial charge in [-0.1, -0.05) is 44.2 Å². The van der Waals surface area contributed by atoms with E-state index in [0.717, 1.165) is 30.4 Å². The Balaban J connectivity index is 1.42. The van der Waals surface area contributed by atoms with Crippen LogP contribution in [0.1, 0.15) is 75.5 Å². The van der Waals surface area contributed by atoms with E-state index in [1.807, 2.05) is 69.3 Å². The molecule has 1 amide bonds. The van der Waals surface area contributed by atoms with Gasteiger partial charge in [-0.2, -0.15) is 0 Å². The average Bonchev–Trinajstić information content (AvgIpc) is 2.86. The lowest BCUT2D eigenvalue weighted by Gasteiger charge is -2.42. The molecule has 1 aliphatic carbocycles. The van der Waals surface area contributed by atoms with E-state index >= 15 is 0 Å². The number of pyridine rings is 1. The van der Waals surface area contributed by atoms with E-state index in [-0.39, 0.29) is 11.1 Å². The van der Waals surface area contributed by atoms with Crippen LogP contribution >= 0.6 is 0 Å². The fraction of sp³-hybridized carbons (Fsp3) is 0.387. The molecule has 8 heteroatoms. The van der Waals surface area contributed by atoms with Crippen molar-refractivity contribution in [3.05, 3.63) is 83.6 Å². The number of hydrogen-bond donors (Lipinski definition) is 1. The van der Waals surface area contributed by atoms with Crippen LogP contribution in [0, 0.1) is 0 Å². The van der Waals surface area contributed by atoms with E-state index in [1.165, 1.54) is 7.11 Å². The molecule has 0 radical (unpaired) electrons. The Bertz CT molecular complexity index is 1310. The van der Waals surface area contributed by atoms with E-state index in [4.69, 9.17) is 18.9 Å². The molecular weight excluding hydrogens is 496 g/mol. The molecule has 4 rings (SSSR count). The third kappa shape index (κ3) is 6.88. The van der Waals surface area contributed by atoms with Crippen LogP contribution in [-0.2, 0) is 14.9 Å². The Morgan fingerprint density at radius 1 is 0.846 bits per heavy atom. The van der Waals surface area contributed by atoms with Gasteiger partial charge in [-0.25, -0.2) is 14.6 Å². The van der Waals surface area contributed by atoms with Crippen LogP contribution in [0.25, 0.3) is 0 Å². The lowest BCUT2D eigenvalue weighted by molar-refractivity contribution is -0.0458. The summed E-state index contributed by atoms with van der Waals surface area (Å²) in [5.41, 5.74) is 0.798. The molecule has 1 aromatic heterocycles. The predicted octanol–water partition coefficient (Wildman–Crippen LogP) is 6.77. The van der Waals surface area contributed by atoms with Crippen molar-refractivity contribution in [2.75, 3.05) is 7.11 Å². The molecule has 39 heavy (non-hydrogen) atoms. The quantitative estimate of drug-likeness (QED) is 0.253. The molecule has 8 nitrogen and oxygen atoms in total. The number of alkyl carbamates (subject to hydrolysis) is 1. The van der Waals surface area contributed by atoms with Crippen molar-refractivity contribution < 1.29 is 28.5 Å². The molecule has 0 saturated heterocycles. The van der Waals surface area contributed by atoms with Crippen LogP contribution in [0.2, 0.25) is 0 Å². The topological polar surface area (TPSA) is 96.0 Å². The third-order valence-electron chi connectivity index (χ3n) is 6.70. The Kier molecular flexibility index (Phi) is 7.86. The highest BCUT2D eigenvalue weighted by Crippen LogP contribution is 2.37. The number of carbonyl (C=O) groups excluding carboxylic acids is 2. The summed E-state index contributed by atoms with van der Waals surface area (Å²) in [5, 5.41) is 2.92. The molecule has 0 spiro atoms. The highest BCUT2D eigenvalue weighted by Gasteiger charge is 2.42. The Labute approximate surface area is 229 Å². The molecule has 1 N–H and O–H groups in total. The first-order valence-corrected chi connectivity index (χ1v) is 13.0. The molecule has 2 aromatic carbocycles. The number of esters is 1. The minimum Gasteiger partial charge on any atom is -0.468 e. The van der Waals surface area contributed by atoms with Gasteiger partial charge in [0.15, 0.2) is 11.4 Å². The number of benzene rings is 2. The van der Waals surface area contributed by atoms with Gasteiger partial charge in [0.1, 0.15) is 17.1 Å². The molecule has 0 atom stereocenters. The predicted molar refractivity (Wildman–Crippen MR) is 147 cm³/mol. The molecule has 0 unspecified atom stereocenters. The number of ether oxygens (including phenoxy) is 4. The molecule has 1 aliphatic rings. The van der Waals surface area contributed by atoms with Crippen molar-refractivity contribution >= 4 is 12.1 Å². The first-order chi connectivity index (χ1) is 18.4. The van der Waals surface area contributed by atoms with Crippen molar-refractivity contribution in [1.82, 2.24) is 10.3 Å². The normalized spacial score (nSPS) is 14.5. The summed E-state index contributed by atoms with van der Waals surface area (Å²) in [4.78, 5) is 28.3. The van der Waals surface area contributed by atoms with E-state index in [9.17, 15) is 9.59 Å². The maximum absolute atomic E-state index is 12.3. The summed E-state index contributed by atoms with van der Waals surface area (Å²) in [7, 11) is 1.31. The number of carbonyl (C=O) groups is 2. The van der Waals surface area contributed by atoms with Gasteiger partial charge in [0.2, 0.25) is 5.88 Å². The lowest BCUT2D eigenvalue weighted by atomic mass is 9.78. The highest BCUT2D eigenvalue weighted by molar-refractivity contribution is 5.87. The minimum atomic E-state index is -0.736. The second-order valence-electron chi connectivity index (χ2n) is 11.2. The smallest absolute Gasteiger partial charge is 0.410 e. The van der Waals surface area contributed by atoms with Crippen LogP contribution in [0.15, 0.2) is 66.7 Å². The molecule has 1 fully saturated rings. The van der Waals surface area contributed by atoms with Crippen LogP contribution in [0.5, 0.6) is 17.4 Å². The number of nitrogens with zero attached hydrogens (tertiary/aromatic N) is 1.